The minimum Gasteiger partial charge on any atom is -0.0853 e. The lowest BCUT2D eigenvalue weighted by Crippen LogP contribution is -1.88. The number of rotatable bonds is 17. The molecule has 0 amide bonds. The Morgan fingerprint density at radius 3 is 1.32 bits per heavy atom. The van der Waals surface area contributed by atoms with Crippen molar-refractivity contribution in [2.75, 3.05) is 0 Å². The average Bonchev–Trinajstić information content (AvgIpc) is 2.53. The first-order chi connectivity index (χ1) is 10.8. The molecule has 0 N–H and O–H groups in total. The van der Waals surface area contributed by atoms with E-state index >= 15 is 0 Å². The van der Waals surface area contributed by atoms with Gasteiger partial charge in [-0.1, -0.05) is 103 Å². The summed E-state index contributed by atoms with van der Waals surface area (Å²) < 4.78 is 0. The molecule has 0 nitrogen and oxygen atoms in total. The molecule has 0 aliphatic carbocycles. The van der Waals surface area contributed by atoms with Gasteiger partial charge in [-0.05, 0) is 39.0 Å². The predicted octanol–water partition coefficient (Wildman–Crippen LogP) is 8.42. The second-order valence-electron chi connectivity index (χ2n) is 6.89. The molecule has 22 heavy (non-hydrogen) atoms. The van der Waals surface area contributed by atoms with Gasteiger partial charge in [-0.15, -0.1) is 0 Å². The Kier molecular flexibility index (Phi) is 18.6. The van der Waals surface area contributed by atoms with Gasteiger partial charge in [0.15, 0.2) is 0 Å². The van der Waals surface area contributed by atoms with Crippen molar-refractivity contribution in [3.8, 4) is 0 Å². The topological polar surface area (TPSA) is 0 Å². The standard InChI is InChI=1S/C22H43/c1-4-7-9-11-13-15-17-20-22(19-6-3)21-18-16-14-12-10-8-5-2/h19H,3-18,20-21H2,1-2H3. The molecule has 0 saturated carbocycles. The van der Waals surface area contributed by atoms with Crippen LogP contribution in [0.15, 0.2) is 11.6 Å². The normalized spacial score (nSPS) is 10.9. The van der Waals surface area contributed by atoms with E-state index in [1.807, 2.05) is 0 Å². The smallest absolute Gasteiger partial charge is 0.0320 e. The van der Waals surface area contributed by atoms with E-state index in [2.05, 4.69) is 26.8 Å². The fourth-order valence-corrected chi connectivity index (χ4v) is 3.15. The molecule has 0 saturated heterocycles. The van der Waals surface area contributed by atoms with Crippen molar-refractivity contribution in [2.45, 2.75) is 123 Å². The summed E-state index contributed by atoms with van der Waals surface area (Å²) in [6.45, 7) is 8.59. The summed E-state index contributed by atoms with van der Waals surface area (Å²) in [4.78, 5) is 0. The van der Waals surface area contributed by atoms with Crippen molar-refractivity contribution in [1.29, 1.82) is 0 Å². The molecule has 0 heterocycles. The quantitative estimate of drug-likeness (QED) is 0.187. The maximum atomic E-state index is 4.01. The predicted molar refractivity (Wildman–Crippen MR) is 103 cm³/mol. The molecule has 0 spiro atoms. The largest absolute Gasteiger partial charge is 0.0853 e. The Hall–Kier alpha value is -0.260. The third-order valence-corrected chi connectivity index (χ3v) is 4.64. The van der Waals surface area contributed by atoms with Gasteiger partial charge in [0.05, 0.1) is 0 Å². The first-order valence-electron chi connectivity index (χ1n) is 10.3. The van der Waals surface area contributed by atoms with E-state index in [-0.39, 0.29) is 0 Å². The summed E-state index contributed by atoms with van der Waals surface area (Å²) in [6, 6.07) is 0. The summed E-state index contributed by atoms with van der Waals surface area (Å²) in [6.07, 6.45) is 25.9. The van der Waals surface area contributed by atoms with Crippen LogP contribution in [0.3, 0.4) is 0 Å². The van der Waals surface area contributed by atoms with Crippen LogP contribution in [0.5, 0.6) is 0 Å². The maximum absolute atomic E-state index is 4.01. The molecule has 131 valence electrons. The monoisotopic (exact) mass is 307 g/mol. The van der Waals surface area contributed by atoms with Gasteiger partial charge in [0.25, 0.3) is 0 Å². The van der Waals surface area contributed by atoms with E-state index in [9.17, 15) is 0 Å². The van der Waals surface area contributed by atoms with E-state index in [1.165, 1.54) is 103 Å². The van der Waals surface area contributed by atoms with Gasteiger partial charge >= 0.3 is 0 Å². The molecular formula is C22H43. The molecule has 0 heteroatoms. The summed E-state index contributed by atoms with van der Waals surface area (Å²) in [7, 11) is 0. The highest BCUT2D eigenvalue weighted by Crippen LogP contribution is 2.19. The molecule has 0 aromatic heterocycles. The van der Waals surface area contributed by atoms with E-state index < -0.39 is 0 Å². The maximum Gasteiger partial charge on any atom is -0.0320 e. The second-order valence-corrected chi connectivity index (χ2v) is 6.89. The summed E-state index contributed by atoms with van der Waals surface area (Å²) in [5.41, 5.74) is 1.69. The Morgan fingerprint density at radius 1 is 0.591 bits per heavy atom. The van der Waals surface area contributed by atoms with Gasteiger partial charge in [-0.3, -0.25) is 0 Å². The zero-order valence-electron chi connectivity index (χ0n) is 15.8. The molecule has 0 atom stereocenters. The van der Waals surface area contributed by atoms with E-state index in [0.29, 0.717) is 0 Å². The number of unbranched alkanes of at least 4 members (excludes halogenated alkanes) is 12. The highest BCUT2D eigenvalue weighted by molar-refractivity contribution is 5.02. The molecule has 0 fully saturated rings. The van der Waals surface area contributed by atoms with Gasteiger partial charge in [0.1, 0.15) is 0 Å². The second kappa shape index (κ2) is 18.8. The Balaban J connectivity index is 3.51. The third kappa shape index (κ3) is 16.1. The summed E-state index contributed by atoms with van der Waals surface area (Å²) in [5.74, 6) is 0. The molecule has 0 aromatic carbocycles. The molecular weight excluding hydrogens is 264 g/mol. The highest BCUT2D eigenvalue weighted by Gasteiger charge is 1.99. The summed E-state index contributed by atoms with van der Waals surface area (Å²) >= 11 is 0. The molecule has 0 aliphatic rings. The Bertz CT molecular complexity index is 206. The van der Waals surface area contributed by atoms with E-state index in [0.717, 1.165) is 6.42 Å². The van der Waals surface area contributed by atoms with Crippen molar-refractivity contribution in [2.24, 2.45) is 0 Å². The minimum absolute atomic E-state index is 0.975. The zero-order chi connectivity index (χ0) is 16.3. The van der Waals surface area contributed by atoms with E-state index in [1.54, 1.807) is 5.57 Å². The van der Waals surface area contributed by atoms with Crippen LogP contribution in [-0.4, -0.2) is 0 Å². The van der Waals surface area contributed by atoms with Crippen LogP contribution < -0.4 is 0 Å². The van der Waals surface area contributed by atoms with Gasteiger partial charge in [0, 0.05) is 0 Å². The first kappa shape index (κ1) is 21.7. The van der Waals surface area contributed by atoms with Crippen LogP contribution in [0.1, 0.15) is 123 Å². The van der Waals surface area contributed by atoms with Crippen LogP contribution in [0, 0.1) is 6.92 Å². The lowest BCUT2D eigenvalue weighted by atomic mass is 9.98. The Labute approximate surface area is 142 Å². The molecule has 0 bridgehead atoms. The van der Waals surface area contributed by atoms with Crippen LogP contribution >= 0.6 is 0 Å². The molecule has 1 radical (unpaired) electrons. The van der Waals surface area contributed by atoms with Crippen molar-refractivity contribution in [3.05, 3.63) is 18.6 Å². The summed E-state index contributed by atoms with van der Waals surface area (Å²) in [5, 5.41) is 0. The SMILES string of the molecule is [CH2]CC=C(CCCCCCCCC)CCCCCCCCC. The van der Waals surface area contributed by atoms with Gasteiger partial charge < -0.3 is 0 Å². The van der Waals surface area contributed by atoms with Crippen molar-refractivity contribution >= 4 is 0 Å². The third-order valence-electron chi connectivity index (χ3n) is 4.64. The fourth-order valence-electron chi connectivity index (χ4n) is 3.15. The van der Waals surface area contributed by atoms with E-state index in [4.69, 9.17) is 0 Å². The van der Waals surface area contributed by atoms with Crippen molar-refractivity contribution in [3.63, 3.8) is 0 Å². The number of hydrogen-bond acceptors (Lipinski definition) is 0. The fraction of sp³-hybridized carbons (Fsp3) is 0.864. The highest BCUT2D eigenvalue weighted by atomic mass is 14.1. The van der Waals surface area contributed by atoms with Crippen molar-refractivity contribution in [1.82, 2.24) is 0 Å². The van der Waals surface area contributed by atoms with Crippen LogP contribution in [0.2, 0.25) is 0 Å². The minimum atomic E-state index is 0.975. The first-order valence-corrected chi connectivity index (χ1v) is 10.3. The lowest BCUT2D eigenvalue weighted by molar-refractivity contribution is 0.570. The molecule has 0 unspecified atom stereocenters. The lowest BCUT2D eigenvalue weighted by Gasteiger charge is -2.08. The van der Waals surface area contributed by atoms with Crippen LogP contribution in [-0.2, 0) is 0 Å². The van der Waals surface area contributed by atoms with Crippen LogP contribution in [0.4, 0.5) is 0 Å². The Morgan fingerprint density at radius 2 is 0.955 bits per heavy atom. The average molecular weight is 308 g/mol. The van der Waals surface area contributed by atoms with Crippen LogP contribution in [0.25, 0.3) is 0 Å². The van der Waals surface area contributed by atoms with Gasteiger partial charge in [-0.2, -0.15) is 0 Å². The number of allylic oxidation sites excluding steroid dienone is 2. The van der Waals surface area contributed by atoms with Crippen molar-refractivity contribution < 1.29 is 0 Å². The van der Waals surface area contributed by atoms with Gasteiger partial charge in [-0.25, -0.2) is 0 Å². The van der Waals surface area contributed by atoms with Gasteiger partial charge in [0.2, 0.25) is 0 Å². The zero-order valence-corrected chi connectivity index (χ0v) is 15.8. The number of hydrogen-bond donors (Lipinski definition) is 0. The molecule has 0 aliphatic heterocycles. The molecule has 0 aromatic rings. The molecule has 0 rings (SSSR count).